The SMILES string of the molecule is CCN(C)/C=N\c1cc(C)c(Oc2nc(Cl)c(Cl)s2)cc1C. The summed E-state index contributed by atoms with van der Waals surface area (Å²) < 4.78 is 6.20. The number of benzene rings is 1. The van der Waals surface area contributed by atoms with E-state index in [4.69, 9.17) is 27.9 Å². The van der Waals surface area contributed by atoms with Crippen LogP contribution in [0.3, 0.4) is 0 Å². The molecule has 0 aliphatic heterocycles. The molecule has 0 amide bonds. The van der Waals surface area contributed by atoms with Crippen LogP contribution in [0.1, 0.15) is 18.1 Å². The molecule has 0 saturated carbocycles. The second-order valence-electron chi connectivity index (χ2n) is 4.87. The minimum absolute atomic E-state index is 0.264. The number of aromatic nitrogens is 1. The Kier molecular flexibility index (Phi) is 5.67. The highest BCUT2D eigenvalue weighted by Gasteiger charge is 2.11. The third-order valence-corrected chi connectivity index (χ3v) is 4.73. The van der Waals surface area contributed by atoms with E-state index in [-0.39, 0.29) is 5.15 Å². The van der Waals surface area contributed by atoms with E-state index in [1.807, 2.05) is 44.3 Å². The maximum atomic E-state index is 5.90. The Labute approximate surface area is 144 Å². The number of aryl methyl sites for hydroxylation is 2. The summed E-state index contributed by atoms with van der Waals surface area (Å²) in [6.07, 6.45) is 1.82. The molecule has 7 heteroatoms. The number of thiazole rings is 1. The standard InChI is InChI=1S/C15H17Cl2N3OS/c1-5-20(4)8-18-11-6-10(3)12(7-9(11)2)21-15-19-13(16)14(17)22-15/h6-8H,5H2,1-4H3/b18-8-. The summed E-state index contributed by atoms with van der Waals surface area (Å²) in [5, 5.41) is 0.694. The Hall–Kier alpha value is -1.30. The highest BCUT2D eigenvalue weighted by Crippen LogP contribution is 2.37. The zero-order valence-electron chi connectivity index (χ0n) is 12.9. The van der Waals surface area contributed by atoms with Crippen molar-refractivity contribution in [3.8, 4) is 10.9 Å². The van der Waals surface area contributed by atoms with Crippen LogP contribution in [0.2, 0.25) is 9.49 Å². The topological polar surface area (TPSA) is 37.7 Å². The Balaban J connectivity index is 2.24. The fraction of sp³-hybridized carbons (Fsp3) is 0.333. The molecule has 4 nitrogen and oxygen atoms in total. The molecule has 0 spiro atoms. The molecule has 2 rings (SSSR count). The number of hydrogen-bond donors (Lipinski definition) is 0. The van der Waals surface area contributed by atoms with Gasteiger partial charge in [0.05, 0.1) is 12.0 Å². The summed E-state index contributed by atoms with van der Waals surface area (Å²) in [6.45, 7) is 6.94. The highest BCUT2D eigenvalue weighted by molar-refractivity contribution is 7.18. The lowest BCUT2D eigenvalue weighted by Crippen LogP contribution is -2.14. The predicted octanol–water partition coefficient (Wildman–Crippen LogP) is 5.47. The van der Waals surface area contributed by atoms with Gasteiger partial charge in [-0.15, -0.1) is 0 Å². The van der Waals surface area contributed by atoms with Gasteiger partial charge in [0, 0.05) is 13.6 Å². The van der Waals surface area contributed by atoms with Gasteiger partial charge in [0.25, 0.3) is 5.19 Å². The van der Waals surface area contributed by atoms with Gasteiger partial charge in [-0.3, -0.25) is 0 Å². The van der Waals surface area contributed by atoms with Gasteiger partial charge < -0.3 is 9.64 Å². The first-order valence-electron chi connectivity index (χ1n) is 6.76. The van der Waals surface area contributed by atoms with E-state index in [9.17, 15) is 0 Å². The molecule has 0 N–H and O–H groups in total. The van der Waals surface area contributed by atoms with E-state index in [1.165, 1.54) is 11.3 Å². The van der Waals surface area contributed by atoms with Crippen LogP contribution in [0.5, 0.6) is 10.9 Å². The maximum Gasteiger partial charge on any atom is 0.281 e. The maximum absolute atomic E-state index is 5.90. The van der Waals surface area contributed by atoms with Gasteiger partial charge in [0.2, 0.25) is 0 Å². The molecule has 0 aliphatic carbocycles. The molecule has 0 aliphatic rings. The van der Waals surface area contributed by atoms with Gasteiger partial charge in [-0.1, -0.05) is 34.5 Å². The van der Waals surface area contributed by atoms with Gasteiger partial charge in [0.15, 0.2) is 5.15 Å². The number of rotatable bonds is 5. The second-order valence-corrected chi connectivity index (χ2v) is 6.79. The van der Waals surface area contributed by atoms with Crippen LogP contribution in [-0.2, 0) is 0 Å². The number of hydrogen-bond acceptors (Lipinski definition) is 4. The first-order valence-corrected chi connectivity index (χ1v) is 8.33. The fourth-order valence-electron chi connectivity index (χ4n) is 1.67. The van der Waals surface area contributed by atoms with E-state index in [0.717, 1.165) is 29.1 Å². The Bertz CT molecular complexity index is 681. The summed E-state index contributed by atoms with van der Waals surface area (Å²) in [7, 11) is 1.99. The van der Waals surface area contributed by atoms with Crippen molar-refractivity contribution in [1.29, 1.82) is 0 Å². The summed E-state index contributed by atoms with van der Waals surface area (Å²) in [5.41, 5.74) is 2.91. The van der Waals surface area contributed by atoms with Crippen molar-refractivity contribution in [2.75, 3.05) is 13.6 Å². The average molecular weight is 358 g/mol. The first kappa shape index (κ1) is 17.1. The molecule has 22 heavy (non-hydrogen) atoms. The molecule has 0 radical (unpaired) electrons. The van der Waals surface area contributed by atoms with Crippen molar-refractivity contribution in [2.24, 2.45) is 4.99 Å². The minimum Gasteiger partial charge on any atom is -0.431 e. The zero-order chi connectivity index (χ0) is 16.3. The molecule has 0 unspecified atom stereocenters. The third-order valence-electron chi connectivity index (χ3n) is 3.11. The minimum atomic E-state index is 0.264. The van der Waals surface area contributed by atoms with E-state index in [1.54, 1.807) is 0 Å². The molecule has 1 aromatic carbocycles. The van der Waals surface area contributed by atoms with Crippen molar-refractivity contribution >= 4 is 46.6 Å². The van der Waals surface area contributed by atoms with Crippen molar-refractivity contribution in [2.45, 2.75) is 20.8 Å². The number of aliphatic imine (C=N–C) groups is 1. The number of ether oxygens (including phenoxy) is 1. The summed E-state index contributed by atoms with van der Waals surface area (Å²) >= 11 is 12.9. The van der Waals surface area contributed by atoms with Crippen molar-refractivity contribution in [1.82, 2.24) is 9.88 Å². The van der Waals surface area contributed by atoms with Crippen LogP contribution < -0.4 is 4.74 Å². The average Bonchev–Trinajstić information content (AvgIpc) is 2.79. The normalized spacial score (nSPS) is 11.2. The van der Waals surface area contributed by atoms with Crippen LogP contribution in [-0.4, -0.2) is 29.8 Å². The van der Waals surface area contributed by atoms with E-state index >= 15 is 0 Å². The highest BCUT2D eigenvalue weighted by atomic mass is 35.5. The summed E-state index contributed by atoms with van der Waals surface area (Å²) in [6, 6.07) is 3.93. The lowest BCUT2D eigenvalue weighted by atomic mass is 10.1. The molecule has 2 aromatic rings. The van der Waals surface area contributed by atoms with Gasteiger partial charge in [-0.2, -0.15) is 4.98 Å². The van der Waals surface area contributed by atoms with Crippen molar-refractivity contribution in [3.05, 3.63) is 32.7 Å². The van der Waals surface area contributed by atoms with E-state index in [0.29, 0.717) is 9.53 Å². The molecule has 1 heterocycles. The monoisotopic (exact) mass is 357 g/mol. The molecular weight excluding hydrogens is 341 g/mol. The third kappa shape index (κ3) is 4.12. The van der Waals surface area contributed by atoms with Crippen molar-refractivity contribution < 1.29 is 4.74 Å². The smallest absolute Gasteiger partial charge is 0.281 e. The summed E-state index contributed by atoms with van der Waals surface area (Å²) in [4.78, 5) is 10.6. The van der Waals surface area contributed by atoms with Crippen LogP contribution >= 0.6 is 34.5 Å². The Morgan fingerprint density at radius 1 is 1.32 bits per heavy atom. The fourth-order valence-corrected chi connectivity index (χ4v) is 2.70. The predicted molar refractivity (Wildman–Crippen MR) is 94.6 cm³/mol. The summed E-state index contributed by atoms with van der Waals surface area (Å²) in [5.74, 6) is 0.724. The Morgan fingerprint density at radius 2 is 2.05 bits per heavy atom. The zero-order valence-corrected chi connectivity index (χ0v) is 15.2. The quantitative estimate of drug-likeness (QED) is 0.525. The van der Waals surface area contributed by atoms with Crippen LogP contribution in [0, 0.1) is 13.8 Å². The molecule has 118 valence electrons. The van der Waals surface area contributed by atoms with Crippen LogP contribution in [0.15, 0.2) is 17.1 Å². The molecule has 0 fully saturated rings. The number of halogens is 2. The van der Waals surface area contributed by atoms with Crippen LogP contribution in [0.4, 0.5) is 5.69 Å². The van der Waals surface area contributed by atoms with Crippen molar-refractivity contribution in [3.63, 3.8) is 0 Å². The van der Waals surface area contributed by atoms with Gasteiger partial charge in [-0.05, 0) is 44.0 Å². The lowest BCUT2D eigenvalue weighted by molar-refractivity contribution is 0.475. The van der Waals surface area contributed by atoms with Gasteiger partial charge in [0.1, 0.15) is 10.1 Å². The number of nitrogens with zero attached hydrogens (tertiary/aromatic N) is 3. The molecule has 1 aromatic heterocycles. The second kappa shape index (κ2) is 7.31. The lowest BCUT2D eigenvalue weighted by Gasteiger charge is -2.11. The van der Waals surface area contributed by atoms with E-state index in [2.05, 4.69) is 16.9 Å². The van der Waals surface area contributed by atoms with E-state index < -0.39 is 0 Å². The largest absolute Gasteiger partial charge is 0.431 e. The molecule has 0 bridgehead atoms. The molecule has 0 saturated heterocycles. The van der Waals surface area contributed by atoms with Gasteiger partial charge in [-0.25, -0.2) is 4.99 Å². The Morgan fingerprint density at radius 3 is 2.64 bits per heavy atom. The first-order chi connectivity index (χ1) is 10.4. The van der Waals surface area contributed by atoms with Crippen LogP contribution in [0.25, 0.3) is 0 Å². The molecular formula is C15H17Cl2N3OS. The molecule has 0 atom stereocenters. The van der Waals surface area contributed by atoms with Gasteiger partial charge >= 0.3 is 0 Å².